The van der Waals surface area contributed by atoms with Crippen molar-refractivity contribution in [3.63, 3.8) is 0 Å². The number of aliphatic hydroxyl groups is 1. The molecule has 1 aliphatic rings. The molecule has 1 fully saturated rings. The lowest BCUT2D eigenvalue weighted by atomic mass is 9.93. The molecule has 0 radical (unpaired) electrons. The first-order chi connectivity index (χ1) is 13.6. The fourth-order valence-corrected chi connectivity index (χ4v) is 4.27. The van der Waals surface area contributed by atoms with Gasteiger partial charge in [0.15, 0.2) is 0 Å². The Kier molecular flexibility index (Phi) is 8.16. The third-order valence-corrected chi connectivity index (χ3v) is 5.98. The Morgan fingerprint density at radius 1 is 1.00 bits per heavy atom. The van der Waals surface area contributed by atoms with Gasteiger partial charge in [-0.05, 0) is 49.4 Å². The van der Waals surface area contributed by atoms with Gasteiger partial charge in [-0.1, -0.05) is 48.4 Å². The molecule has 5 heteroatoms. The van der Waals surface area contributed by atoms with Crippen molar-refractivity contribution >= 4 is 11.6 Å². The molecule has 2 aromatic rings. The van der Waals surface area contributed by atoms with E-state index in [1.807, 2.05) is 42.5 Å². The molecule has 3 N–H and O–H groups in total. The van der Waals surface area contributed by atoms with E-state index in [9.17, 15) is 10.2 Å². The SMILES string of the molecule is Oc1ccccc1C[NH+](C[C@H](O)COCc1ccccc1Cl)C1CCCCC1. The minimum Gasteiger partial charge on any atom is -0.507 e. The van der Waals surface area contributed by atoms with Crippen LogP contribution in [-0.4, -0.2) is 35.5 Å². The van der Waals surface area contributed by atoms with E-state index in [1.54, 1.807) is 6.07 Å². The highest BCUT2D eigenvalue weighted by Gasteiger charge is 2.27. The maximum absolute atomic E-state index is 10.6. The molecular weight excluding hydrogens is 374 g/mol. The third kappa shape index (κ3) is 6.21. The van der Waals surface area contributed by atoms with Gasteiger partial charge >= 0.3 is 0 Å². The number of ether oxygens (including phenoxy) is 1. The van der Waals surface area contributed by atoms with Crippen molar-refractivity contribution in [3.05, 3.63) is 64.7 Å². The quantitative estimate of drug-likeness (QED) is 0.600. The number of para-hydroxylation sites is 1. The van der Waals surface area contributed by atoms with E-state index < -0.39 is 6.10 Å². The second-order valence-corrected chi connectivity index (χ2v) is 8.17. The molecule has 0 saturated heterocycles. The predicted molar refractivity (Wildman–Crippen MR) is 112 cm³/mol. The number of halogens is 1. The zero-order valence-corrected chi connectivity index (χ0v) is 17.1. The third-order valence-electron chi connectivity index (χ3n) is 5.62. The predicted octanol–water partition coefficient (Wildman–Crippen LogP) is 3.34. The lowest BCUT2D eigenvalue weighted by molar-refractivity contribution is -0.943. The summed E-state index contributed by atoms with van der Waals surface area (Å²) in [5.41, 5.74) is 1.87. The van der Waals surface area contributed by atoms with Crippen LogP contribution >= 0.6 is 11.6 Å². The zero-order chi connectivity index (χ0) is 19.8. The number of aromatic hydroxyl groups is 1. The van der Waals surface area contributed by atoms with E-state index in [0.717, 1.165) is 17.7 Å². The molecule has 0 amide bonds. The minimum absolute atomic E-state index is 0.280. The fourth-order valence-electron chi connectivity index (χ4n) is 4.08. The topological polar surface area (TPSA) is 54.1 Å². The van der Waals surface area contributed by atoms with E-state index in [4.69, 9.17) is 16.3 Å². The van der Waals surface area contributed by atoms with Gasteiger partial charge in [0.1, 0.15) is 24.9 Å². The summed E-state index contributed by atoms with van der Waals surface area (Å²) in [6.45, 7) is 2.01. The number of phenols is 1. The smallest absolute Gasteiger partial charge is 0.126 e. The summed E-state index contributed by atoms with van der Waals surface area (Å²) in [7, 11) is 0. The number of aliphatic hydroxyl groups excluding tert-OH is 1. The number of quaternary nitrogens is 1. The van der Waals surface area contributed by atoms with Gasteiger partial charge in [-0.2, -0.15) is 0 Å². The normalized spacial score (nSPS) is 17.4. The standard InChI is InChI=1S/C23H30ClNO3/c24-22-12-6-4-9-19(22)16-28-17-21(26)15-25(20-10-2-1-3-11-20)14-18-8-5-7-13-23(18)27/h4-9,12-13,20-21,26-27H,1-3,10-11,14-17H2/p+1/t21-/m0/s1. The van der Waals surface area contributed by atoms with E-state index in [0.29, 0.717) is 30.0 Å². The highest BCUT2D eigenvalue weighted by molar-refractivity contribution is 6.31. The highest BCUT2D eigenvalue weighted by atomic mass is 35.5. The van der Waals surface area contributed by atoms with Crippen LogP contribution in [0, 0.1) is 0 Å². The number of hydrogen-bond donors (Lipinski definition) is 3. The van der Waals surface area contributed by atoms with Crippen molar-refractivity contribution in [3.8, 4) is 5.75 Å². The van der Waals surface area contributed by atoms with E-state index in [-0.39, 0.29) is 6.61 Å². The molecule has 1 aliphatic carbocycles. The van der Waals surface area contributed by atoms with E-state index >= 15 is 0 Å². The molecule has 2 aromatic carbocycles. The van der Waals surface area contributed by atoms with Crippen LogP contribution in [0.3, 0.4) is 0 Å². The fraction of sp³-hybridized carbons (Fsp3) is 0.478. The van der Waals surface area contributed by atoms with Crippen molar-refractivity contribution in [2.24, 2.45) is 0 Å². The Labute approximate surface area is 172 Å². The number of phenolic OH excluding ortho intramolecular Hbond substituents is 1. The van der Waals surface area contributed by atoms with Crippen molar-refractivity contribution < 1.29 is 19.8 Å². The van der Waals surface area contributed by atoms with Crippen LogP contribution in [-0.2, 0) is 17.9 Å². The summed E-state index contributed by atoms with van der Waals surface area (Å²) >= 11 is 6.16. The molecule has 3 rings (SSSR count). The molecule has 0 heterocycles. The van der Waals surface area contributed by atoms with Crippen molar-refractivity contribution in [1.82, 2.24) is 0 Å². The Morgan fingerprint density at radius 2 is 1.68 bits per heavy atom. The number of hydrogen-bond acceptors (Lipinski definition) is 3. The van der Waals surface area contributed by atoms with Gasteiger partial charge < -0.3 is 19.8 Å². The van der Waals surface area contributed by atoms with Crippen LogP contribution in [0.5, 0.6) is 5.75 Å². The van der Waals surface area contributed by atoms with Crippen molar-refractivity contribution in [1.29, 1.82) is 0 Å². The van der Waals surface area contributed by atoms with Gasteiger partial charge in [-0.25, -0.2) is 0 Å². The average molecular weight is 405 g/mol. The first-order valence-corrected chi connectivity index (χ1v) is 10.6. The van der Waals surface area contributed by atoms with Gasteiger partial charge in [-0.15, -0.1) is 0 Å². The summed E-state index contributed by atoms with van der Waals surface area (Å²) in [4.78, 5) is 1.33. The second kappa shape index (κ2) is 10.8. The Hall–Kier alpha value is -1.59. The highest BCUT2D eigenvalue weighted by Crippen LogP contribution is 2.18. The summed E-state index contributed by atoms with van der Waals surface area (Å²) < 4.78 is 5.73. The maximum atomic E-state index is 10.6. The van der Waals surface area contributed by atoms with Gasteiger partial charge in [0, 0.05) is 10.6 Å². The molecule has 28 heavy (non-hydrogen) atoms. The molecule has 1 saturated carbocycles. The molecule has 0 aromatic heterocycles. The number of benzene rings is 2. The molecule has 0 aliphatic heterocycles. The molecule has 152 valence electrons. The number of nitrogens with one attached hydrogen (secondary N) is 1. The Bertz CT molecular complexity index is 733. The van der Waals surface area contributed by atoms with Crippen LogP contribution in [0.25, 0.3) is 0 Å². The van der Waals surface area contributed by atoms with E-state index in [2.05, 4.69) is 0 Å². The summed E-state index contributed by atoms with van der Waals surface area (Å²) in [5.74, 6) is 0.334. The molecular formula is C23H31ClNO3+. The van der Waals surface area contributed by atoms with Crippen LogP contribution < -0.4 is 4.90 Å². The monoisotopic (exact) mass is 404 g/mol. The van der Waals surface area contributed by atoms with Crippen LogP contribution in [0.15, 0.2) is 48.5 Å². The first kappa shape index (κ1) is 21.1. The van der Waals surface area contributed by atoms with Crippen LogP contribution in [0.4, 0.5) is 0 Å². The Morgan fingerprint density at radius 3 is 2.39 bits per heavy atom. The summed E-state index contributed by atoms with van der Waals surface area (Å²) in [6, 6.07) is 15.6. The molecule has 1 unspecified atom stereocenters. The first-order valence-electron chi connectivity index (χ1n) is 10.2. The minimum atomic E-state index is -0.551. The largest absolute Gasteiger partial charge is 0.507 e. The van der Waals surface area contributed by atoms with Crippen molar-refractivity contribution in [2.75, 3.05) is 13.2 Å². The van der Waals surface area contributed by atoms with Gasteiger partial charge in [0.2, 0.25) is 0 Å². The summed E-state index contributed by atoms with van der Waals surface area (Å²) in [6.07, 6.45) is 5.59. The van der Waals surface area contributed by atoms with Crippen molar-refractivity contribution in [2.45, 2.75) is 57.4 Å². The lowest BCUT2D eigenvalue weighted by Gasteiger charge is -2.33. The van der Waals surface area contributed by atoms with Gasteiger partial charge in [0.05, 0.1) is 19.3 Å². The second-order valence-electron chi connectivity index (χ2n) is 7.76. The lowest BCUT2D eigenvalue weighted by Crippen LogP contribution is -3.15. The zero-order valence-electron chi connectivity index (χ0n) is 16.3. The van der Waals surface area contributed by atoms with Crippen LogP contribution in [0.1, 0.15) is 43.2 Å². The Balaban J connectivity index is 1.56. The average Bonchev–Trinajstić information content (AvgIpc) is 2.71. The molecule has 0 spiro atoms. The maximum Gasteiger partial charge on any atom is 0.126 e. The summed E-state index contributed by atoms with van der Waals surface area (Å²) in [5, 5.41) is 21.5. The van der Waals surface area contributed by atoms with Crippen LogP contribution in [0.2, 0.25) is 5.02 Å². The molecule has 4 nitrogen and oxygen atoms in total. The molecule has 2 atom stereocenters. The van der Waals surface area contributed by atoms with E-state index in [1.165, 1.54) is 37.0 Å². The molecule has 0 bridgehead atoms. The van der Waals surface area contributed by atoms with Gasteiger partial charge in [0.25, 0.3) is 0 Å². The number of rotatable bonds is 9. The van der Waals surface area contributed by atoms with Gasteiger partial charge in [-0.3, -0.25) is 0 Å².